The molecule has 1 aromatic carbocycles. The first kappa shape index (κ1) is 47.7. The lowest BCUT2D eigenvalue weighted by Gasteiger charge is -2.35. The zero-order chi connectivity index (χ0) is 39.5. The Morgan fingerprint density at radius 2 is 1.31 bits per heavy atom. The summed E-state index contributed by atoms with van der Waals surface area (Å²) < 4.78 is 22.0. The van der Waals surface area contributed by atoms with Gasteiger partial charge in [-0.2, -0.15) is 0 Å². The van der Waals surface area contributed by atoms with Gasteiger partial charge in [-0.05, 0) is 78.7 Å². The molecule has 0 bridgehead atoms. The minimum atomic E-state index is -1.51. The highest BCUT2D eigenvalue weighted by Gasteiger charge is 2.38. The fourth-order valence-electron chi connectivity index (χ4n) is 5.58. The van der Waals surface area contributed by atoms with E-state index < -0.39 is 59.5 Å². The summed E-state index contributed by atoms with van der Waals surface area (Å²) in [6, 6.07) is 8.22. The predicted octanol–water partition coefficient (Wildman–Crippen LogP) is 8.48. The lowest BCUT2D eigenvalue weighted by molar-refractivity contribution is -0.159. The average Bonchev–Trinajstić information content (AvgIpc) is 2.97. The number of ether oxygens (including phenoxy) is 4. The van der Waals surface area contributed by atoms with Crippen LogP contribution in [0.15, 0.2) is 30.3 Å². The summed E-state index contributed by atoms with van der Waals surface area (Å²) >= 11 is 0. The number of carbonyl (C=O) groups excluding carboxylic acids is 4. The second-order valence-electron chi connectivity index (χ2n) is 16.9. The van der Waals surface area contributed by atoms with Crippen molar-refractivity contribution in [3.05, 3.63) is 35.9 Å². The van der Waals surface area contributed by atoms with Gasteiger partial charge in [-0.15, -0.1) is 0 Å². The number of hydrogen-bond acceptors (Lipinski definition) is 8. The number of carbonyl (C=O) groups is 4. The standard InChI is InChI=1S/C31H51N3O8.C7H14.C2H6/c1-28(2,3)20-31(10,11)34-25(36)24(40-23(35)17-32-26(37)41-29(4,5)6)22(33-27(38)42-30(7,8)9)19-39-18-21-15-13-12-14-16-21;1-7-5-3-2-4-6-7;1-2/h12-16,22,24H,17-20H2,1-11H3,(H,32,37)(H,33,38)(H,34,36);7H,2-6H2,1H3;1-2H3. The number of amides is 3. The van der Waals surface area contributed by atoms with Crippen molar-refractivity contribution in [3.63, 3.8) is 0 Å². The minimum Gasteiger partial charge on any atom is -0.449 e. The summed E-state index contributed by atoms with van der Waals surface area (Å²) in [5.74, 6) is -0.512. The van der Waals surface area contributed by atoms with Crippen molar-refractivity contribution in [1.82, 2.24) is 16.0 Å². The quantitative estimate of drug-likeness (QED) is 0.144. The van der Waals surface area contributed by atoms with Gasteiger partial charge in [0.2, 0.25) is 6.10 Å². The summed E-state index contributed by atoms with van der Waals surface area (Å²) in [7, 11) is 0. The normalized spacial score (nSPS) is 14.9. The summed E-state index contributed by atoms with van der Waals surface area (Å²) in [6.45, 7) is 25.8. The predicted molar refractivity (Wildman–Crippen MR) is 203 cm³/mol. The lowest BCUT2D eigenvalue weighted by atomic mass is 9.81. The SMILES string of the molecule is CC.CC(C)(C)CC(C)(C)NC(=O)C(OC(=O)CNC(=O)OC(C)(C)C)C(COCc1ccccc1)NC(=O)OC(C)(C)C.CC1CCCCC1. The number of rotatable bonds is 12. The van der Waals surface area contributed by atoms with Crippen LogP contribution in [0.2, 0.25) is 0 Å². The highest BCUT2D eigenvalue weighted by atomic mass is 16.6. The molecular formula is C40H71N3O8. The van der Waals surface area contributed by atoms with Crippen LogP contribution in [-0.2, 0) is 35.1 Å². The monoisotopic (exact) mass is 722 g/mol. The number of esters is 1. The summed E-state index contributed by atoms with van der Waals surface area (Å²) in [4.78, 5) is 51.5. The first-order chi connectivity index (χ1) is 23.4. The van der Waals surface area contributed by atoms with E-state index in [0.29, 0.717) is 6.42 Å². The Morgan fingerprint density at radius 3 is 1.78 bits per heavy atom. The number of benzene rings is 1. The summed E-state index contributed by atoms with van der Waals surface area (Å²) in [6.07, 6.45) is 4.90. The van der Waals surface area contributed by atoms with Gasteiger partial charge in [0, 0.05) is 5.54 Å². The van der Waals surface area contributed by atoms with Crippen LogP contribution in [0, 0.1) is 11.3 Å². The van der Waals surface area contributed by atoms with E-state index in [-0.39, 0.29) is 18.6 Å². The van der Waals surface area contributed by atoms with E-state index in [1.165, 1.54) is 32.1 Å². The van der Waals surface area contributed by atoms with Crippen LogP contribution in [-0.4, -0.2) is 66.1 Å². The fraction of sp³-hybridized carbons (Fsp3) is 0.750. The van der Waals surface area contributed by atoms with Crippen LogP contribution in [0.5, 0.6) is 0 Å². The number of hydrogen-bond donors (Lipinski definition) is 3. The summed E-state index contributed by atoms with van der Waals surface area (Å²) in [5.41, 5.74) is -1.52. The fourth-order valence-corrected chi connectivity index (χ4v) is 5.58. The molecule has 1 saturated carbocycles. The van der Waals surface area contributed by atoms with Crippen molar-refractivity contribution in [2.75, 3.05) is 13.2 Å². The van der Waals surface area contributed by atoms with Crippen LogP contribution in [0.25, 0.3) is 0 Å². The molecule has 0 saturated heterocycles. The van der Waals surface area contributed by atoms with E-state index in [0.717, 1.165) is 11.5 Å². The molecule has 294 valence electrons. The van der Waals surface area contributed by atoms with Gasteiger partial charge in [0.25, 0.3) is 5.91 Å². The maximum Gasteiger partial charge on any atom is 0.408 e. The molecule has 1 aliphatic carbocycles. The highest BCUT2D eigenvalue weighted by molar-refractivity contribution is 5.87. The molecule has 0 aliphatic heterocycles. The highest BCUT2D eigenvalue weighted by Crippen LogP contribution is 2.27. The third kappa shape index (κ3) is 25.3. The number of alkyl carbamates (subject to hydrolysis) is 2. The van der Waals surface area contributed by atoms with Crippen LogP contribution < -0.4 is 16.0 Å². The topological polar surface area (TPSA) is 141 Å². The van der Waals surface area contributed by atoms with Gasteiger partial charge in [-0.3, -0.25) is 9.59 Å². The Balaban J connectivity index is 0.00000242. The third-order valence-electron chi connectivity index (χ3n) is 7.10. The molecule has 2 rings (SSSR count). The second kappa shape index (κ2) is 22.6. The van der Waals surface area contributed by atoms with Gasteiger partial charge >= 0.3 is 18.2 Å². The number of nitrogens with one attached hydrogen (secondary N) is 3. The van der Waals surface area contributed by atoms with Gasteiger partial charge in [0.05, 0.1) is 13.2 Å². The van der Waals surface area contributed by atoms with E-state index in [2.05, 4.69) is 22.9 Å². The molecule has 3 amide bonds. The van der Waals surface area contributed by atoms with Gasteiger partial charge in [-0.25, -0.2) is 9.59 Å². The molecule has 2 atom stereocenters. The molecule has 51 heavy (non-hydrogen) atoms. The molecule has 0 heterocycles. The van der Waals surface area contributed by atoms with Crippen LogP contribution in [0.4, 0.5) is 9.59 Å². The molecule has 2 unspecified atom stereocenters. The molecule has 3 N–H and O–H groups in total. The van der Waals surface area contributed by atoms with Crippen LogP contribution in [0.3, 0.4) is 0 Å². The molecule has 1 aliphatic rings. The Kier molecular flexibility index (Phi) is 21.1. The van der Waals surface area contributed by atoms with E-state index in [1.807, 2.05) is 78.8 Å². The molecule has 11 heteroatoms. The zero-order valence-electron chi connectivity index (χ0n) is 34.2. The third-order valence-corrected chi connectivity index (χ3v) is 7.10. The molecule has 0 aromatic heterocycles. The molecule has 1 fully saturated rings. The van der Waals surface area contributed by atoms with Crippen molar-refractivity contribution in [1.29, 1.82) is 0 Å². The Bertz CT molecular complexity index is 1160. The molecular weight excluding hydrogens is 650 g/mol. The van der Waals surface area contributed by atoms with Crippen molar-refractivity contribution in [2.24, 2.45) is 11.3 Å². The minimum absolute atomic E-state index is 0.118. The van der Waals surface area contributed by atoms with Crippen LogP contribution in [0.1, 0.15) is 141 Å². The maximum atomic E-state index is 13.7. The zero-order valence-corrected chi connectivity index (χ0v) is 34.2. The van der Waals surface area contributed by atoms with Crippen molar-refractivity contribution >= 4 is 24.1 Å². The Hall–Kier alpha value is -3.34. The lowest BCUT2D eigenvalue weighted by Crippen LogP contribution is -2.59. The molecule has 0 radical (unpaired) electrons. The van der Waals surface area contributed by atoms with E-state index >= 15 is 0 Å². The maximum absolute atomic E-state index is 13.7. The van der Waals surface area contributed by atoms with E-state index in [9.17, 15) is 19.2 Å². The Morgan fingerprint density at radius 1 is 0.784 bits per heavy atom. The van der Waals surface area contributed by atoms with Gasteiger partial charge < -0.3 is 34.9 Å². The van der Waals surface area contributed by atoms with E-state index in [4.69, 9.17) is 18.9 Å². The molecule has 0 spiro atoms. The average molecular weight is 722 g/mol. The van der Waals surface area contributed by atoms with Crippen molar-refractivity contribution < 1.29 is 38.1 Å². The van der Waals surface area contributed by atoms with Gasteiger partial charge in [0.15, 0.2) is 0 Å². The smallest absolute Gasteiger partial charge is 0.408 e. The van der Waals surface area contributed by atoms with Gasteiger partial charge in [0.1, 0.15) is 23.8 Å². The van der Waals surface area contributed by atoms with Crippen LogP contribution >= 0.6 is 0 Å². The Labute approximate surface area is 309 Å². The molecule has 11 nitrogen and oxygen atoms in total. The summed E-state index contributed by atoms with van der Waals surface area (Å²) in [5, 5.41) is 7.92. The second-order valence-corrected chi connectivity index (χ2v) is 16.9. The van der Waals surface area contributed by atoms with Crippen molar-refractivity contribution in [3.8, 4) is 0 Å². The first-order valence-electron chi connectivity index (χ1n) is 18.5. The first-order valence-corrected chi connectivity index (χ1v) is 18.5. The molecule has 1 aromatic rings. The van der Waals surface area contributed by atoms with Crippen molar-refractivity contribution in [2.45, 2.75) is 171 Å². The van der Waals surface area contributed by atoms with Gasteiger partial charge in [-0.1, -0.05) is 104 Å². The largest absolute Gasteiger partial charge is 0.449 e. The van der Waals surface area contributed by atoms with E-state index in [1.54, 1.807) is 41.5 Å².